The molecule has 2 fully saturated rings. The third-order valence-corrected chi connectivity index (χ3v) is 5.13. The van der Waals surface area contributed by atoms with E-state index in [1.54, 1.807) is 4.90 Å². The van der Waals surface area contributed by atoms with Crippen molar-refractivity contribution in [3.05, 3.63) is 11.8 Å². The number of allylic oxidation sites excluding steroid dienone is 1. The van der Waals surface area contributed by atoms with Crippen molar-refractivity contribution in [2.45, 2.75) is 38.9 Å². The number of amides is 1. The van der Waals surface area contributed by atoms with E-state index in [2.05, 4.69) is 0 Å². The van der Waals surface area contributed by atoms with Crippen LogP contribution in [0.25, 0.3) is 0 Å². The molecule has 1 saturated heterocycles. The van der Waals surface area contributed by atoms with Gasteiger partial charge in [0.15, 0.2) is 5.76 Å². The molecule has 0 unspecified atom stereocenters. The Morgan fingerprint density at radius 3 is 2.75 bits per heavy atom. The van der Waals surface area contributed by atoms with Crippen molar-refractivity contribution in [2.24, 2.45) is 17.8 Å². The van der Waals surface area contributed by atoms with Gasteiger partial charge in [-0.05, 0) is 50.5 Å². The van der Waals surface area contributed by atoms with E-state index < -0.39 is 6.29 Å². The van der Waals surface area contributed by atoms with E-state index in [4.69, 9.17) is 14.2 Å². The van der Waals surface area contributed by atoms with Crippen LogP contribution in [-0.4, -0.2) is 61.7 Å². The molecule has 1 amide bonds. The van der Waals surface area contributed by atoms with Crippen LogP contribution in [0.5, 0.6) is 0 Å². The smallest absolute Gasteiger partial charge is 0.288 e. The fourth-order valence-electron chi connectivity index (χ4n) is 3.72. The van der Waals surface area contributed by atoms with Crippen molar-refractivity contribution in [3.63, 3.8) is 0 Å². The van der Waals surface area contributed by atoms with Crippen molar-refractivity contribution >= 4 is 5.91 Å². The first-order chi connectivity index (χ1) is 11.7. The number of morpholine rings is 1. The number of aliphatic hydroxyl groups excluding tert-OH is 1. The molecule has 2 heterocycles. The number of carbonyl (C=O) groups excluding carboxylic acids is 1. The average Bonchev–Trinajstić information content (AvgIpc) is 3.45. The molecule has 136 valence electrons. The van der Waals surface area contributed by atoms with E-state index in [0.717, 1.165) is 12.8 Å². The van der Waals surface area contributed by atoms with Crippen LogP contribution >= 0.6 is 0 Å². The molecule has 1 saturated carbocycles. The number of ether oxygens (including phenoxy) is 3. The first kappa shape index (κ1) is 17.7. The summed E-state index contributed by atoms with van der Waals surface area (Å²) in [5.41, 5.74) is 0. The molecule has 1 aliphatic carbocycles. The maximum Gasteiger partial charge on any atom is 0.288 e. The number of carbonyl (C=O) groups is 1. The number of aliphatic hydroxyl groups is 1. The van der Waals surface area contributed by atoms with Gasteiger partial charge in [-0.3, -0.25) is 4.79 Å². The van der Waals surface area contributed by atoms with Gasteiger partial charge in [-0.1, -0.05) is 0 Å². The van der Waals surface area contributed by atoms with Gasteiger partial charge in [-0.25, -0.2) is 0 Å². The summed E-state index contributed by atoms with van der Waals surface area (Å²) in [4.78, 5) is 14.6. The Morgan fingerprint density at radius 1 is 1.38 bits per heavy atom. The number of hydrogen-bond donors (Lipinski definition) is 1. The molecule has 3 atom stereocenters. The lowest BCUT2D eigenvalue weighted by Crippen LogP contribution is -2.45. The molecule has 24 heavy (non-hydrogen) atoms. The molecule has 6 heteroatoms. The van der Waals surface area contributed by atoms with Crippen LogP contribution in [0.1, 0.15) is 32.6 Å². The Kier molecular flexibility index (Phi) is 6.14. The van der Waals surface area contributed by atoms with E-state index in [-0.39, 0.29) is 18.4 Å². The normalized spacial score (nSPS) is 30.7. The van der Waals surface area contributed by atoms with Crippen LogP contribution in [-0.2, 0) is 19.0 Å². The molecule has 0 aromatic rings. The van der Waals surface area contributed by atoms with Gasteiger partial charge in [-0.15, -0.1) is 0 Å². The third kappa shape index (κ3) is 4.10. The van der Waals surface area contributed by atoms with Crippen molar-refractivity contribution in [3.8, 4) is 0 Å². The Hall–Kier alpha value is -1.11. The van der Waals surface area contributed by atoms with Crippen LogP contribution in [0.4, 0.5) is 0 Å². The summed E-state index contributed by atoms with van der Waals surface area (Å²) >= 11 is 0. The van der Waals surface area contributed by atoms with E-state index in [1.165, 1.54) is 12.8 Å². The van der Waals surface area contributed by atoms with Gasteiger partial charge in [0.1, 0.15) is 0 Å². The first-order valence-corrected chi connectivity index (χ1v) is 9.22. The number of rotatable bonds is 7. The molecular formula is C18H29NO5. The van der Waals surface area contributed by atoms with Crippen molar-refractivity contribution < 1.29 is 24.1 Å². The summed E-state index contributed by atoms with van der Waals surface area (Å²) in [6.07, 6.45) is 5.65. The maximum absolute atomic E-state index is 12.8. The van der Waals surface area contributed by atoms with Crippen LogP contribution < -0.4 is 0 Å². The highest BCUT2D eigenvalue weighted by molar-refractivity contribution is 5.91. The summed E-state index contributed by atoms with van der Waals surface area (Å²) < 4.78 is 17.1. The van der Waals surface area contributed by atoms with Crippen LogP contribution in [0.3, 0.4) is 0 Å². The van der Waals surface area contributed by atoms with Crippen molar-refractivity contribution in [1.82, 2.24) is 4.90 Å². The second-order valence-corrected chi connectivity index (χ2v) is 6.82. The highest BCUT2D eigenvalue weighted by atomic mass is 16.7. The molecule has 2 aliphatic heterocycles. The molecule has 1 N–H and O–H groups in total. The van der Waals surface area contributed by atoms with E-state index in [1.807, 2.05) is 13.0 Å². The zero-order valence-electron chi connectivity index (χ0n) is 14.5. The topological polar surface area (TPSA) is 68.2 Å². The summed E-state index contributed by atoms with van der Waals surface area (Å²) in [6, 6.07) is 0. The Labute approximate surface area is 143 Å². The summed E-state index contributed by atoms with van der Waals surface area (Å²) in [7, 11) is 0. The van der Waals surface area contributed by atoms with Gasteiger partial charge >= 0.3 is 0 Å². The van der Waals surface area contributed by atoms with Gasteiger partial charge in [0, 0.05) is 32.2 Å². The third-order valence-electron chi connectivity index (χ3n) is 5.13. The molecular weight excluding hydrogens is 310 g/mol. The molecule has 0 bridgehead atoms. The van der Waals surface area contributed by atoms with E-state index >= 15 is 0 Å². The minimum atomic E-state index is -0.392. The predicted molar refractivity (Wildman–Crippen MR) is 88.0 cm³/mol. The average molecular weight is 339 g/mol. The lowest BCUT2D eigenvalue weighted by atomic mass is 9.82. The molecule has 3 aliphatic rings. The molecule has 0 radical (unpaired) electrons. The number of nitrogens with zero attached hydrogens (tertiary/aromatic N) is 1. The summed E-state index contributed by atoms with van der Waals surface area (Å²) in [5, 5.41) is 9.19. The Bertz CT molecular complexity index is 456. The largest absolute Gasteiger partial charge is 0.459 e. The minimum absolute atomic E-state index is 0.0470. The predicted octanol–water partition coefficient (Wildman–Crippen LogP) is 1.54. The zero-order valence-corrected chi connectivity index (χ0v) is 14.5. The second-order valence-electron chi connectivity index (χ2n) is 6.82. The molecule has 0 aromatic heterocycles. The molecule has 3 rings (SSSR count). The van der Waals surface area contributed by atoms with Gasteiger partial charge in [0.25, 0.3) is 5.91 Å². The van der Waals surface area contributed by atoms with Crippen molar-refractivity contribution in [2.75, 3.05) is 39.5 Å². The lowest BCUT2D eigenvalue weighted by molar-refractivity contribution is -0.178. The van der Waals surface area contributed by atoms with Crippen LogP contribution in [0.2, 0.25) is 0 Å². The quantitative estimate of drug-likeness (QED) is 0.762. The Balaban J connectivity index is 1.76. The summed E-state index contributed by atoms with van der Waals surface area (Å²) in [5.74, 6) is 1.53. The lowest BCUT2D eigenvalue weighted by Gasteiger charge is -2.38. The second kappa shape index (κ2) is 8.32. The van der Waals surface area contributed by atoms with Gasteiger partial charge in [0.05, 0.1) is 13.2 Å². The SMILES string of the molecule is CCO[C@@H]1OC(C(=O)N2CCOCC2)=C[C@H](C2CC2)[C@@H]1CCCO. The Morgan fingerprint density at radius 2 is 2.12 bits per heavy atom. The number of hydrogen-bond acceptors (Lipinski definition) is 5. The standard InChI is InChI=1S/C18H29NO5/c1-2-23-18-14(4-3-9-20)15(13-5-6-13)12-16(24-18)17(21)19-7-10-22-11-8-19/h12-15,18,20H,2-11H2,1H3/t14-,15+,18+/m0/s1. The highest BCUT2D eigenvalue weighted by Crippen LogP contribution is 2.47. The summed E-state index contributed by atoms with van der Waals surface area (Å²) in [6.45, 7) is 5.06. The molecule has 6 nitrogen and oxygen atoms in total. The van der Waals surface area contributed by atoms with Gasteiger partial charge < -0.3 is 24.2 Å². The minimum Gasteiger partial charge on any atom is -0.459 e. The van der Waals surface area contributed by atoms with E-state index in [9.17, 15) is 9.90 Å². The fraction of sp³-hybridized carbons (Fsp3) is 0.833. The molecule has 0 spiro atoms. The zero-order chi connectivity index (χ0) is 16.9. The van der Waals surface area contributed by atoms with E-state index in [0.29, 0.717) is 50.5 Å². The monoisotopic (exact) mass is 339 g/mol. The van der Waals surface area contributed by atoms with Crippen LogP contribution in [0.15, 0.2) is 11.8 Å². The first-order valence-electron chi connectivity index (χ1n) is 9.22. The highest BCUT2D eigenvalue weighted by Gasteiger charge is 2.44. The van der Waals surface area contributed by atoms with Gasteiger partial charge in [0.2, 0.25) is 6.29 Å². The van der Waals surface area contributed by atoms with Gasteiger partial charge in [-0.2, -0.15) is 0 Å². The van der Waals surface area contributed by atoms with Crippen LogP contribution in [0, 0.1) is 17.8 Å². The molecule has 0 aromatic carbocycles. The maximum atomic E-state index is 12.8. The van der Waals surface area contributed by atoms with Crippen molar-refractivity contribution in [1.29, 1.82) is 0 Å². The fourth-order valence-corrected chi connectivity index (χ4v) is 3.72.